The zero-order valence-corrected chi connectivity index (χ0v) is 15.5. The number of rotatable bonds is 2. The van der Waals surface area contributed by atoms with Gasteiger partial charge in [0.05, 0.1) is 13.2 Å². The standard InChI is InChI=1S/C20H28N2O3/c1-13-8-16-10-19(25-18(16)9-14(13)2)20(23)22-11-15(3)17(12-22)21-4-6-24-7-5-21/h8-9,15,17,19H,4-7,10-12H2,1-3H3/t15-,17+,19+/m1/s1. The van der Waals surface area contributed by atoms with Crippen molar-refractivity contribution >= 4 is 5.91 Å². The van der Waals surface area contributed by atoms with Crippen molar-refractivity contribution in [1.29, 1.82) is 0 Å². The fourth-order valence-electron chi connectivity index (χ4n) is 4.37. The first-order valence-electron chi connectivity index (χ1n) is 9.40. The van der Waals surface area contributed by atoms with E-state index in [0.717, 1.165) is 45.1 Å². The maximum Gasteiger partial charge on any atom is 0.264 e. The Balaban J connectivity index is 1.42. The average molecular weight is 344 g/mol. The molecule has 25 heavy (non-hydrogen) atoms. The Morgan fingerprint density at radius 1 is 1.12 bits per heavy atom. The molecule has 2 saturated heterocycles. The van der Waals surface area contributed by atoms with Crippen LogP contribution in [0.2, 0.25) is 0 Å². The predicted molar refractivity (Wildman–Crippen MR) is 96.0 cm³/mol. The van der Waals surface area contributed by atoms with Crippen molar-refractivity contribution in [3.8, 4) is 5.75 Å². The highest BCUT2D eigenvalue weighted by molar-refractivity contribution is 5.83. The highest BCUT2D eigenvalue weighted by atomic mass is 16.5. The minimum absolute atomic E-state index is 0.147. The molecule has 3 aliphatic rings. The van der Waals surface area contributed by atoms with Gasteiger partial charge in [-0.15, -0.1) is 0 Å². The second-order valence-corrected chi connectivity index (χ2v) is 7.79. The van der Waals surface area contributed by atoms with Crippen LogP contribution in [0.15, 0.2) is 12.1 Å². The summed E-state index contributed by atoms with van der Waals surface area (Å²) in [5.74, 6) is 1.53. The van der Waals surface area contributed by atoms with Gasteiger partial charge in [0.15, 0.2) is 6.10 Å². The van der Waals surface area contributed by atoms with Gasteiger partial charge in [-0.2, -0.15) is 0 Å². The lowest BCUT2D eigenvalue weighted by molar-refractivity contribution is -0.137. The van der Waals surface area contributed by atoms with Crippen LogP contribution in [0.25, 0.3) is 0 Å². The monoisotopic (exact) mass is 344 g/mol. The second kappa shape index (κ2) is 6.61. The molecule has 0 bridgehead atoms. The van der Waals surface area contributed by atoms with Crippen LogP contribution in [0.1, 0.15) is 23.6 Å². The van der Waals surface area contributed by atoms with Gasteiger partial charge in [-0.05, 0) is 42.5 Å². The van der Waals surface area contributed by atoms with Crippen molar-refractivity contribution < 1.29 is 14.3 Å². The summed E-state index contributed by atoms with van der Waals surface area (Å²) in [6, 6.07) is 4.68. The lowest BCUT2D eigenvalue weighted by Crippen LogP contribution is -2.47. The number of fused-ring (bicyclic) bond motifs is 1. The molecule has 2 fully saturated rings. The van der Waals surface area contributed by atoms with Crippen LogP contribution in [-0.2, 0) is 16.0 Å². The number of morpholine rings is 1. The molecule has 0 aromatic heterocycles. The summed E-state index contributed by atoms with van der Waals surface area (Å²) in [7, 11) is 0. The number of benzene rings is 1. The summed E-state index contributed by atoms with van der Waals surface area (Å²) in [5, 5.41) is 0. The summed E-state index contributed by atoms with van der Waals surface area (Å²) in [6.07, 6.45) is 0.342. The number of aryl methyl sites for hydroxylation is 2. The molecule has 0 saturated carbocycles. The number of ether oxygens (including phenoxy) is 2. The number of amides is 1. The van der Waals surface area contributed by atoms with Gasteiger partial charge in [0.2, 0.25) is 0 Å². The topological polar surface area (TPSA) is 42.0 Å². The lowest BCUT2D eigenvalue weighted by atomic mass is 10.0. The first-order valence-corrected chi connectivity index (χ1v) is 9.40. The molecule has 0 radical (unpaired) electrons. The van der Waals surface area contributed by atoms with E-state index in [9.17, 15) is 4.79 Å². The molecule has 0 spiro atoms. The van der Waals surface area contributed by atoms with Crippen LogP contribution >= 0.6 is 0 Å². The number of hydrogen-bond acceptors (Lipinski definition) is 4. The first-order chi connectivity index (χ1) is 12.0. The Bertz CT molecular complexity index is 638. The van der Waals surface area contributed by atoms with Crippen molar-refractivity contribution in [2.24, 2.45) is 5.92 Å². The third-order valence-electron chi connectivity index (χ3n) is 6.03. The van der Waals surface area contributed by atoms with Crippen LogP contribution in [0.5, 0.6) is 5.75 Å². The molecule has 5 nitrogen and oxygen atoms in total. The van der Waals surface area contributed by atoms with Gasteiger partial charge >= 0.3 is 0 Å². The minimum Gasteiger partial charge on any atom is -0.480 e. The zero-order valence-electron chi connectivity index (χ0n) is 15.5. The third kappa shape index (κ3) is 3.15. The van der Waals surface area contributed by atoms with Crippen LogP contribution in [0, 0.1) is 19.8 Å². The molecule has 1 aromatic carbocycles. The lowest BCUT2D eigenvalue weighted by Gasteiger charge is -2.34. The first kappa shape index (κ1) is 16.9. The highest BCUT2D eigenvalue weighted by Crippen LogP contribution is 2.33. The Labute approximate surface area is 149 Å². The van der Waals surface area contributed by atoms with E-state index >= 15 is 0 Å². The summed E-state index contributed by atoms with van der Waals surface area (Å²) in [4.78, 5) is 17.5. The normalized spacial score (nSPS) is 29.6. The molecule has 5 heteroatoms. The summed E-state index contributed by atoms with van der Waals surface area (Å²) in [5.41, 5.74) is 3.64. The molecule has 3 atom stereocenters. The van der Waals surface area contributed by atoms with Crippen molar-refractivity contribution in [1.82, 2.24) is 9.80 Å². The fraction of sp³-hybridized carbons (Fsp3) is 0.650. The van der Waals surface area contributed by atoms with Crippen molar-refractivity contribution in [2.45, 2.75) is 39.3 Å². The summed E-state index contributed by atoms with van der Waals surface area (Å²) < 4.78 is 11.5. The second-order valence-electron chi connectivity index (χ2n) is 7.79. The van der Waals surface area contributed by atoms with E-state index < -0.39 is 0 Å². The van der Waals surface area contributed by atoms with Gasteiger partial charge < -0.3 is 14.4 Å². The molecule has 1 amide bonds. The largest absolute Gasteiger partial charge is 0.480 e. The number of likely N-dealkylation sites (tertiary alicyclic amines) is 1. The van der Waals surface area contributed by atoms with Gasteiger partial charge in [0.25, 0.3) is 5.91 Å². The molecule has 136 valence electrons. The van der Waals surface area contributed by atoms with E-state index in [1.807, 2.05) is 4.90 Å². The molecular formula is C20H28N2O3. The zero-order chi connectivity index (χ0) is 17.6. The molecular weight excluding hydrogens is 316 g/mol. The predicted octanol–water partition coefficient (Wildman–Crippen LogP) is 1.79. The number of carbonyl (C=O) groups is 1. The van der Waals surface area contributed by atoms with E-state index in [0.29, 0.717) is 18.4 Å². The Morgan fingerprint density at radius 3 is 2.60 bits per heavy atom. The van der Waals surface area contributed by atoms with Crippen molar-refractivity contribution in [2.75, 3.05) is 39.4 Å². The molecule has 3 aliphatic heterocycles. The summed E-state index contributed by atoms with van der Waals surface area (Å²) >= 11 is 0. The van der Waals surface area contributed by atoms with E-state index in [1.54, 1.807) is 0 Å². The van der Waals surface area contributed by atoms with Crippen LogP contribution in [0.3, 0.4) is 0 Å². The average Bonchev–Trinajstić information content (AvgIpc) is 3.19. The molecule has 1 aromatic rings. The van der Waals surface area contributed by atoms with E-state index in [2.05, 4.69) is 37.8 Å². The van der Waals surface area contributed by atoms with Gasteiger partial charge in [-0.1, -0.05) is 13.0 Å². The van der Waals surface area contributed by atoms with Gasteiger partial charge in [-0.3, -0.25) is 9.69 Å². The van der Waals surface area contributed by atoms with Gasteiger partial charge in [0, 0.05) is 38.6 Å². The molecule has 3 heterocycles. The number of hydrogen-bond donors (Lipinski definition) is 0. The van der Waals surface area contributed by atoms with Crippen LogP contribution in [-0.4, -0.2) is 67.2 Å². The van der Waals surface area contributed by atoms with E-state index in [1.165, 1.54) is 16.7 Å². The third-order valence-corrected chi connectivity index (χ3v) is 6.03. The SMILES string of the molecule is Cc1cc2c(cc1C)O[C@H](C(=O)N1C[C@@H](C)[C@@H](N3CCOCC3)C1)C2. The molecule has 0 unspecified atom stereocenters. The Kier molecular flexibility index (Phi) is 4.46. The van der Waals surface area contributed by atoms with Crippen molar-refractivity contribution in [3.63, 3.8) is 0 Å². The van der Waals surface area contributed by atoms with Crippen LogP contribution < -0.4 is 4.74 Å². The van der Waals surface area contributed by atoms with Crippen molar-refractivity contribution in [3.05, 3.63) is 28.8 Å². The fourth-order valence-corrected chi connectivity index (χ4v) is 4.37. The molecule has 4 rings (SSSR count). The summed E-state index contributed by atoms with van der Waals surface area (Å²) in [6.45, 7) is 11.6. The maximum atomic E-state index is 13.0. The maximum absolute atomic E-state index is 13.0. The van der Waals surface area contributed by atoms with Gasteiger partial charge in [-0.25, -0.2) is 0 Å². The number of nitrogens with zero attached hydrogens (tertiary/aromatic N) is 2. The number of carbonyl (C=O) groups excluding carboxylic acids is 1. The molecule has 0 aliphatic carbocycles. The smallest absolute Gasteiger partial charge is 0.264 e. The Hall–Kier alpha value is -1.59. The van der Waals surface area contributed by atoms with Crippen LogP contribution in [0.4, 0.5) is 0 Å². The highest BCUT2D eigenvalue weighted by Gasteiger charge is 2.40. The van der Waals surface area contributed by atoms with E-state index in [-0.39, 0.29) is 12.0 Å². The quantitative estimate of drug-likeness (QED) is 0.820. The molecule has 0 N–H and O–H groups in total. The van der Waals surface area contributed by atoms with Gasteiger partial charge in [0.1, 0.15) is 5.75 Å². The van der Waals surface area contributed by atoms with E-state index in [4.69, 9.17) is 9.47 Å². The minimum atomic E-state index is -0.355. The Morgan fingerprint density at radius 2 is 1.84 bits per heavy atom.